The number of hydrogen-bond donors (Lipinski definition) is 2. The molecular formula is C18H17BrN2O3S. The maximum absolute atomic E-state index is 12.4. The highest BCUT2D eigenvalue weighted by atomic mass is 79.9. The summed E-state index contributed by atoms with van der Waals surface area (Å²) in [7, 11) is -3.93. The van der Waals surface area contributed by atoms with Gasteiger partial charge in [-0.3, -0.25) is 4.79 Å². The van der Waals surface area contributed by atoms with Gasteiger partial charge in [0.15, 0.2) is 0 Å². The molecule has 2 N–H and O–H groups in total. The molecule has 2 aromatic carbocycles. The van der Waals surface area contributed by atoms with Crippen molar-refractivity contribution in [2.45, 2.75) is 25.2 Å². The average molecular weight is 421 g/mol. The van der Waals surface area contributed by atoms with Gasteiger partial charge in [0.05, 0.1) is 4.90 Å². The number of aryl methyl sites for hydroxylation is 2. The molecule has 0 aliphatic heterocycles. The molecule has 0 fully saturated rings. The average Bonchev–Trinajstić information content (AvgIpc) is 2.90. The number of benzene rings is 2. The van der Waals surface area contributed by atoms with E-state index in [2.05, 4.69) is 32.6 Å². The van der Waals surface area contributed by atoms with E-state index in [0.29, 0.717) is 10.0 Å². The van der Waals surface area contributed by atoms with E-state index in [-0.39, 0.29) is 4.90 Å². The van der Waals surface area contributed by atoms with Crippen molar-refractivity contribution in [2.24, 2.45) is 0 Å². The number of halogens is 1. The van der Waals surface area contributed by atoms with Crippen molar-refractivity contribution in [2.75, 3.05) is 0 Å². The molecule has 0 radical (unpaired) electrons. The quantitative estimate of drug-likeness (QED) is 0.670. The number of carbonyl (C=O) groups excluding carboxylic acids is 1. The molecule has 1 amide bonds. The van der Waals surface area contributed by atoms with Crippen LogP contribution in [-0.2, 0) is 16.4 Å². The summed E-state index contributed by atoms with van der Waals surface area (Å²) in [6, 6.07) is 11.3. The third-order valence-corrected chi connectivity index (χ3v) is 5.93. The molecule has 1 aromatic heterocycles. The molecule has 0 unspecified atom stereocenters. The summed E-state index contributed by atoms with van der Waals surface area (Å²) in [5, 5.41) is 0.921. The van der Waals surface area contributed by atoms with Crippen LogP contribution in [0.25, 0.3) is 10.9 Å². The van der Waals surface area contributed by atoms with Gasteiger partial charge in [-0.2, -0.15) is 0 Å². The van der Waals surface area contributed by atoms with Crippen molar-refractivity contribution < 1.29 is 13.2 Å². The second kappa shape index (κ2) is 6.65. The third kappa shape index (κ3) is 3.48. The fourth-order valence-corrected chi connectivity index (χ4v) is 4.32. The molecule has 0 spiro atoms. The van der Waals surface area contributed by atoms with Gasteiger partial charge in [0.2, 0.25) is 0 Å². The number of H-pyrrole nitrogens is 1. The molecule has 7 heteroatoms. The van der Waals surface area contributed by atoms with E-state index in [9.17, 15) is 13.2 Å². The zero-order valence-electron chi connectivity index (χ0n) is 13.8. The number of sulfonamides is 1. The Balaban J connectivity index is 1.93. The van der Waals surface area contributed by atoms with Crippen molar-refractivity contribution in [3.63, 3.8) is 0 Å². The lowest BCUT2D eigenvalue weighted by molar-refractivity contribution is 0.0981. The number of aromatic amines is 1. The molecule has 3 rings (SSSR count). The van der Waals surface area contributed by atoms with Crippen LogP contribution in [0.4, 0.5) is 0 Å². The summed E-state index contributed by atoms with van der Waals surface area (Å²) in [6.07, 6.45) is 0.860. The third-order valence-electron chi connectivity index (χ3n) is 4.11. The van der Waals surface area contributed by atoms with E-state index in [0.717, 1.165) is 28.6 Å². The smallest absolute Gasteiger partial charge is 0.265 e. The SMILES string of the molecule is CCc1[nH]c2ccc(C(=O)NS(=O)(=O)c3cccc(Br)c3)cc2c1C. The first-order chi connectivity index (χ1) is 11.8. The lowest BCUT2D eigenvalue weighted by atomic mass is 10.1. The van der Waals surface area contributed by atoms with Crippen LogP contribution in [0, 0.1) is 6.92 Å². The van der Waals surface area contributed by atoms with Crippen molar-refractivity contribution in [3.8, 4) is 0 Å². The molecule has 5 nitrogen and oxygen atoms in total. The Morgan fingerprint density at radius 2 is 1.96 bits per heavy atom. The summed E-state index contributed by atoms with van der Waals surface area (Å²) in [4.78, 5) is 15.8. The first-order valence-corrected chi connectivity index (χ1v) is 10.0. The number of nitrogens with one attached hydrogen (secondary N) is 2. The zero-order valence-corrected chi connectivity index (χ0v) is 16.2. The minimum Gasteiger partial charge on any atom is -0.358 e. The lowest BCUT2D eigenvalue weighted by Gasteiger charge is -2.07. The predicted molar refractivity (Wildman–Crippen MR) is 101 cm³/mol. The van der Waals surface area contributed by atoms with Gasteiger partial charge in [0.1, 0.15) is 0 Å². The van der Waals surface area contributed by atoms with E-state index in [1.165, 1.54) is 12.1 Å². The molecule has 0 atom stereocenters. The largest absolute Gasteiger partial charge is 0.358 e. The predicted octanol–water partition coefficient (Wildman–Crippen LogP) is 3.92. The highest BCUT2D eigenvalue weighted by Crippen LogP contribution is 2.24. The highest BCUT2D eigenvalue weighted by Gasteiger charge is 2.19. The molecule has 1 heterocycles. The summed E-state index contributed by atoms with van der Waals surface area (Å²) in [5.41, 5.74) is 3.41. The summed E-state index contributed by atoms with van der Waals surface area (Å²) in [6.45, 7) is 4.04. The minimum absolute atomic E-state index is 0.0300. The maximum atomic E-state index is 12.4. The Bertz CT molecular complexity index is 1070. The fourth-order valence-electron chi connectivity index (χ4n) is 2.75. The highest BCUT2D eigenvalue weighted by molar-refractivity contribution is 9.10. The Labute approximate surface area is 154 Å². The van der Waals surface area contributed by atoms with Gasteiger partial charge in [0, 0.05) is 26.6 Å². The first kappa shape index (κ1) is 17.7. The van der Waals surface area contributed by atoms with Crippen LogP contribution in [0.2, 0.25) is 0 Å². The fraction of sp³-hybridized carbons (Fsp3) is 0.167. The van der Waals surface area contributed by atoms with Gasteiger partial charge >= 0.3 is 0 Å². The van der Waals surface area contributed by atoms with E-state index in [1.807, 2.05) is 6.92 Å². The van der Waals surface area contributed by atoms with E-state index < -0.39 is 15.9 Å². The summed E-state index contributed by atoms with van der Waals surface area (Å²) in [5.74, 6) is -0.652. The van der Waals surface area contributed by atoms with Gasteiger partial charge in [0.25, 0.3) is 15.9 Å². The number of amides is 1. The first-order valence-electron chi connectivity index (χ1n) is 7.75. The summed E-state index contributed by atoms with van der Waals surface area (Å²) >= 11 is 3.23. The Morgan fingerprint density at radius 3 is 2.64 bits per heavy atom. The number of rotatable bonds is 4. The number of carbonyl (C=O) groups is 1. The second-order valence-electron chi connectivity index (χ2n) is 5.73. The van der Waals surface area contributed by atoms with E-state index in [1.54, 1.807) is 30.3 Å². The number of aromatic nitrogens is 1. The zero-order chi connectivity index (χ0) is 18.2. The van der Waals surface area contributed by atoms with Crippen LogP contribution in [0.1, 0.15) is 28.5 Å². The van der Waals surface area contributed by atoms with Gasteiger partial charge < -0.3 is 4.98 Å². The molecular weight excluding hydrogens is 404 g/mol. The van der Waals surface area contributed by atoms with Crippen LogP contribution in [-0.4, -0.2) is 19.3 Å². The van der Waals surface area contributed by atoms with Crippen LogP contribution < -0.4 is 4.72 Å². The molecule has 3 aromatic rings. The van der Waals surface area contributed by atoms with Crippen LogP contribution in [0.3, 0.4) is 0 Å². The lowest BCUT2D eigenvalue weighted by Crippen LogP contribution is -2.30. The number of hydrogen-bond acceptors (Lipinski definition) is 3. The topological polar surface area (TPSA) is 79.0 Å². The van der Waals surface area contributed by atoms with Crippen molar-refractivity contribution in [1.29, 1.82) is 0 Å². The van der Waals surface area contributed by atoms with Crippen molar-refractivity contribution >= 4 is 42.8 Å². The monoisotopic (exact) mass is 420 g/mol. The van der Waals surface area contributed by atoms with Crippen LogP contribution >= 0.6 is 15.9 Å². The van der Waals surface area contributed by atoms with Gasteiger partial charge in [-0.1, -0.05) is 28.9 Å². The van der Waals surface area contributed by atoms with Crippen molar-refractivity contribution in [1.82, 2.24) is 9.71 Å². The molecule has 0 aliphatic carbocycles. The Morgan fingerprint density at radius 1 is 1.20 bits per heavy atom. The van der Waals surface area contributed by atoms with Crippen LogP contribution in [0.5, 0.6) is 0 Å². The molecule has 25 heavy (non-hydrogen) atoms. The minimum atomic E-state index is -3.93. The van der Waals surface area contributed by atoms with E-state index in [4.69, 9.17) is 0 Å². The molecule has 0 saturated carbocycles. The second-order valence-corrected chi connectivity index (χ2v) is 8.33. The standard InChI is InChI=1S/C18H17BrN2O3S/c1-3-16-11(2)15-9-12(7-8-17(15)20-16)18(22)21-25(23,24)14-6-4-5-13(19)10-14/h4-10,20H,3H2,1-2H3,(H,21,22). The van der Waals surface area contributed by atoms with Crippen LogP contribution in [0.15, 0.2) is 51.8 Å². The maximum Gasteiger partial charge on any atom is 0.265 e. The molecule has 130 valence electrons. The normalized spacial score (nSPS) is 11.6. The van der Waals surface area contributed by atoms with Gasteiger partial charge in [-0.25, -0.2) is 13.1 Å². The molecule has 0 bridgehead atoms. The Hall–Kier alpha value is -2.12. The molecule has 0 saturated heterocycles. The number of fused-ring (bicyclic) bond motifs is 1. The van der Waals surface area contributed by atoms with Crippen molar-refractivity contribution in [3.05, 3.63) is 63.8 Å². The Kier molecular flexibility index (Phi) is 4.71. The van der Waals surface area contributed by atoms with E-state index >= 15 is 0 Å². The van der Waals surface area contributed by atoms with Gasteiger partial charge in [-0.05, 0) is 55.3 Å². The molecule has 0 aliphatic rings. The van der Waals surface area contributed by atoms with Gasteiger partial charge in [-0.15, -0.1) is 0 Å². The summed E-state index contributed by atoms with van der Waals surface area (Å²) < 4.78 is 27.5.